The zero-order chi connectivity index (χ0) is 12.3. The summed E-state index contributed by atoms with van der Waals surface area (Å²) < 4.78 is 6.16. The Morgan fingerprint density at radius 1 is 1.06 bits per heavy atom. The lowest BCUT2D eigenvalue weighted by Crippen LogP contribution is -2.43. The number of hydrogen-bond acceptors (Lipinski definition) is 2. The Morgan fingerprint density at radius 2 is 1.71 bits per heavy atom. The zero-order valence-electron chi connectivity index (χ0n) is 11.1. The van der Waals surface area contributed by atoms with Crippen LogP contribution in [0.4, 0.5) is 0 Å². The fraction of sp³-hybridized carbons (Fsp3) is 0.600. The summed E-state index contributed by atoms with van der Waals surface area (Å²) >= 11 is 0. The predicted molar refractivity (Wildman–Crippen MR) is 71.6 cm³/mol. The van der Waals surface area contributed by atoms with Crippen LogP contribution in [0.1, 0.15) is 36.8 Å². The molecule has 0 aliphatic heterocycles. The molecule has 1 aliphatic rings. The quantitative estimate of drug-likeness (QED) is 0.865. The van der Waals surface area contributed by atoms with Gasteiger partial charge in [-0.15, -0.1) is 0 Å². The first-order valence-corrected chi connectivity index (χ1v) is 6.61. The Hall–Kier alpha value is -1.02. The predicted octanol–water partition coefficient (Wildman–Crippen LogP) is 3.21. The van der Waals surface area contributed by atoms with Crippen molar-refractivity contribution in [3.8, 4) is 5.75 Å². The highest BCUT2D eigenvalue weighted by Gasteiger charge is 2.25. The molecule has 0 amide bonds. The average molecular weight is 233 g/mol. The standard InChI is InChI=1S/C15H23NO/c1-11-8-12(2)10-13(9-11)17-15-7-5-4-6-14(15)16-3/h8-10,14-16H,4-7H2,1-3H3. The molecule has 0 saturated heterocycles. The summed E-state index contributed by atoms with van der Waals surface area (Å²) in [6.07, 6.45) is 5.33. The van der Waals surface area contributed by atoms with Gasteiger partial charge in [0.1, 0.15) is 11.9 Å². The van der Waals surface area contributed by atoms with Crippen molar-refractivity contribution in [2.24, 2.45) is 0 Å². The first-order chi connectivity index (χ1) is 8.19. The molecule has 1 aromatic carbocycles. The van der Waals surface area contributed by atoms with E-state index in [4.69, 9.17) is 4.74 Å². The van der Waals surface area contributed by atoms with E-state index in [2.05, 4.69) is 37.4 Å². The van der Waals surface area contributed by atoms with Gasteiger partial charge in [0.2, 0.25) is 0 Å². The Bertz CT molecular complexity index is 355. The van der Waals surface area contributed by atoms with Gasteiger partial charge in [-0.3, -0.25) is 0 Å². The molecule has 1 N–H and O–H groups in total. The molecular weight excluding hydrogens is 210 g/mol. The van der Waals surface area contributed by atoms with Gasteiger partial charge in [0, 0.05) is 6.04 Å². The largest absolute Gasteiger partial charge is 0.489 e. The third kappa shape index (κ3) is 3.22. The van der Waals surface area contributed by atoms with Crippen LogP contribution in [0.25, 0.3) is 0 Å². The van der Waals surface area contributed by atoms with E-state index in [1.54, 1.807) is 0 Å². The van der Waals surface area contributed by atoms with Gasteiger partial charge in [-0.25, -0.2) is 0 Å². The zero-order valence-corrected chi connectivity index (χ0v) is 11.1. The Balaban J connectivity index is 2.08. The van der Waals surface area contributed by atoms with Gasteiger partial charge in [-0.05, 0) is 63.4 Å². The second kappa shape index (κ2) is 5.54. The Morgan fingerprint density at radius 3 is 2.35 bits per heavy atom. The van der Waals surface area contributed by atoms with E-state index in [1.807, 2.05) is 7.05 Å². The van der Waals surface area contributed by atoms with Crippen LogP contribution < -0.4 is 10.1 Å². The van der Waals surface area contributed by atoms with Crippen LogP contribution in [0.5, 0.6) is 5.75 Å². The van der Waals surface area contributed by atoms with Gasteiger partial charge in [-0.2, -0.15) is 0 Å². The molecule has 2 rings (SSSR count). The summed E-state index contributed by atoms with van der Waals surface area (Å²) in [6, 6.07) is 6.95. The molecule has 0 aromatic heterocycles. The highest BCUT2D eigenvalue weighted by Crippen LogP contribution is 2.25. The van der Waals surface area contributed by atoms with Gasteiger partial charge in [0.05, 0.1) is 0 Å². The van der Waals surface area contributed by atoms with Gasteiger partial charge in [0.15, 0.2) is 0 Å². The summed E-state index contributed by atoms with van der Waals surface area (Å²) in [6.45, 7) is 4.24. The maximum Gasteiger partial charge on any atom is 0.120 e. The molecule has 2 heteroatoms. The molecule has 2 unspecified atom stereocenters. The van der Waals surface area contributed by atoms with E-state index in [0.717, 1.165) is 5.75 Å². The lowest BCUT2D eigenvalue weighted by molar-refractivity contribution is 0.118. The molecule has 1 fully saturated rings. The molecule has 17 heavy (non-hydrogen) atoms. The topological polar surface area (TPSA) is 21.3 Å². The van der Waals surface area contributed by atoms with Crippen LogP contribution in [0, 0.1) is 13.8 Å². The van der Waals surface area contributed by atoms with E-state index < -0.39 is 0 Å². The number of nitrogens with one attached hydrogen (secondary N) is 1. The monoisotopic (exact) mass is 233 g/mol. The summed E-state index contributed by atoms with van der Waals surface area (Å²) in [5, 5.41) is 3.38. The van der Waals surface area contributed by atoms with Crippen LogP contribution in [0.3, 0.4) is 0 Å². The number of aryl methyl sites for hydroxylation is 2. The van der Waals surface area contributed by atoms with E-state index in [1.165, 1.54) is 36.8 Å². The van der Waals surface area contributed by atoms with Crippen LogP contribution in [-0.2, 0) is 0 Å². The van der Waals surface area contributed by atoms with E-state index >= 15 is 0 Å². The summed E-state index contributed by atoms with van der Waals surface area (Å²) in [5.41, 5.74) is 2.55. The minimum absolute atomic E-state index is 0.329. The van der Waals surface area contributed by atoms with Crippen molar-refractivity contribution in [2.45, 2.75) is 51.7 Å². The first kappa shape index (κ1) is 12.4. The van der Waals surface area contributed by atoms with Crippen molar-refractivity contribution in [1.82, 2.24) is 5.32 Å². The van der Waals surface area contributed by atoms with Crippen molar-refractivity contribution in [1.29, 1.82) is 0 Å². The van der Waals surface area contributed by atoms with E-state index in [-0.39, 0.29) is 0 Å². The highest BCUT2D eigenvalue weighted by molar-refractivity contribution is 5.33. The van der Waals surface area contributed by atoms with Crippen molar-refractivity contribution >= 4 is 0 Å². The van der Waals surface area contributed by atoms with Crippen LogP contribution in [0.2, 0.25) is 0 Å². The van der Waals surface area contributed by atoms with Crippen molar-refractivity contribution < 1.29 is 4.74 Å². The van der Waals surface area contributed by atoms with Crippen LogP contribution in [0.15, 0.2) is 18.2 Å². The third-order valence-corrected chi connectivity index (χ3v) is 3.56. The Kier molecular flexibility index (Phi) is 4.06. The van der Waals surface area contributed by atoms with Crippen LogP contribution in [-0.4, -0.2) is 19.2 Å². The second-order valence-electron chi connectivity index (χ2n) is 5.16. The normalized spacial score (nSPS) is 24.6. The minimum atomic E-state index is 0.329. The fourth-order valence-electron chi connectivity index (χ4n) is 2.74. The number of ether oxygens (including phenoxy) is 1. The minimum Gasteiger partial charge on any atom is -0.489 e. The highest BCUT2D eigenvalue weighted by atomic mass is 16.5. The molecule has 0 bridgehead atoms. The lowest BCUT2D eigenvalue weighted by atomic mass is 9.92. The van der Waals surface area contributed by atoms with Crippen LogP contribution >= 0.6 is 0 Å². The lowest BCUT2D eigenvalue weighted by Gasteiger charge is -2.31. The van der Waals surface area contributed by atoms with Gasteiger partial charge < -0.3 is 10.1 Å². The molecule has 2 atom stereocenters. The molecule has 1 aromatic rings. The van der Waals surface area contributed by atoms with Crippen molar-refractivity contribution in [3.63, 3.8) is 0 Å². The second-order valence-corrected chi connectivity index (χ2v) is 5.16. The van der Waals surface area contributed by atoms with E-state index in [0.29, 0.717) is 12.1 Å². The maximum atomic E-state index is 6.16. The molecule has 0 heterocycles. The molecule has 0 spiro atoms. The third-order valence-electron chi connectivity index (χ3n) is 3.56. The summed E-state index contributed by atoms with van der Waals surface area (Å²) in [4.78, 5) is 0. The molecule has 1 saturated carbocycles. The number of rotatable bonds is 3. The molecular formula is C15H23NO. The van der Waals surface area contributed by atoms with Gasteiger partial charge in [0.25, 0.3) is 0 Å². The SMILES string of the molecule is CNC1CCCCC1Oc1cc(C)cc(C)c1. The number of benzene rings is 1. The summed E-state index contributed by atoms with van der Waals surface area (Å²) in [7, 11) is 2.04. The molecule has 94 valence electrons. The summed E-state index contributed by atoms with van der Waals surface area (Å²) in [5.74, 6) is 1.02. The average Bonchev–Trinajstić information content (AvgIpc) is 2.28. The molecule has 0 radical (unpaired) electrons. The first-order valence-electron chi connectivity index (χ1n) is 6.61. The number of likely N-dealkylation sites (N-methyl/N-ethyl adjacent to an activating group) is 1. The van der Waals surface area contributed by atoms with Crippen molar-refractivity contribution in [3.05, 3.63) is 29.3 Å². The van der Waals surface area contributed by atoms with E-state index in [9.17, 15) is 0 Å². The van der Waals surface area contributed by atoms with Gasteiger partial charge >= 0.3 is 0 Å². The molecule has 2 nitrogen and oxygen atoms in total. The van der Waals surface area contributed by atoms with Crippen molar-refractivity contribution in [2.75, 3.05) is 7.05 Å². The van der Waals surface area contributed by atoms with Gasteiger partial charge in [-0.1, -0.05) is 12.5 Å². The number of hydrogen-bond donors (Lipinski definition) is 1. The molecule has 1 aliphatic carbocycles. The maximum absolute atomic E-state index is 6.16. The fourth-order valence-corrected chi connectivity index (χ4v) is 2.74. The Labute approximate surface area is 104 Å². The smallest absolute Gasteiger partial charge is 0.120 e.